The fourth-order valence-corrected chi connectivity index (χ4v) is 6.12. The van der Waals surface area contributed by atoms with Crippen LogP contribution in [0.5, 0.6) is 0 Å². The minimum atomic E-state index is 0.333. The predicted molar refractivity (Wildman–Crippen MR) is 145 cm³/mol. The second-order valence-corrected chi connectivity index (χ2v) is 10.8. The molecule has 0 atom stereocenters. The highest BCUT2D eigenvalue weighted by molar-refractivity contribution is 7.15. The number of rotatable bonds is 6. The van der Waals surface area contributed by atoms with Crippen molar-refractivity contribution in [2.75, 3.05) is 31.9 Å². The minimum absolute atomic E-state index is 0.333. The van der Waals surface area contributed by atoms with Crippen LogP contribution in [0.1, 0.15) is 42.5 Å². The summed E-state index contributed by atoms with van der Waals surface area (Å²) in [6, 6.07) is 9.94. The van der Waals surface area contributed by atoms with Crippen LogP contribution < -0.4 is 11.5 Å². The minimum Gasteiger partial charge on any atom is -0.398 e. The number of aromatic nitrogens is 2. The first-order valence-electron chi connectivity index (χ1n) is 12.3. The van der Waals surface area contributed by atoms with E-state index in [0.717, 1.165) is 31.2 Å². The molecule has 0 bridgehead atoms. The van der Waals surface area contributed by atoms with E-state index in [9.17, 15) is 0 Å². The lowest BCUT2D eigenvalue weighted by Gasteiger charge is -2.40. The van der Waals surface area contributed by atoms with Crippen LogP contribution in [0.4, 0.5) is 10.8 Å². The van der Waals surface area contributed by atoms with Crippen molar-refractivity contribution in [3.05, 3.63) is 58.2 Å². The van der Waals surface area contributed by atoms with Crippen molar-refractivity contribution in [1.82, 2.24) is 19.8 Å². The number of nitrogens with zero attached hydrogens (tertiary/aromatic N) is 5. The van der Waals surface area contributed by atoms with Gasteiger partial charge in [0.15, 0.2) is 0 Å². The summed E-state index contributed by atoms with van der Waals surface area (Å²) < 4.78 is 0. The van der Waals surface area contributed by atoms with Crippen molar-refractivity contribution in [2.45, 2.75) is 44.7 Å². The first kappa shape index (κ1) is 24.2. The summed E-state index contributed by atoms with van der Waals surface area (Å²) in [4.78, 5) is 19.9. The number of halogens is 1. The van der Waals surface area contributed by atoms with Crippen molar-refractivity contribution in [2.24, 2.45) is 10.7 Å². The van der Waals surface area contributed by atoms with Crippen LogP contribution >= 0.6 is 22.9 Å². The summed E-state index contributed by atoms with van der Waals surface area (Å²) in [6.45, 7) is 5.75. The van der Waals surface area contributed by atoms with Crippen LogP contribution in [0, 0.1) is 0 Å². The molecule has 0 spiro atoms. The van der Waals surface area contributed by atoms with Gasteiger partial charge in [0, 0.05) is 59.8 Å². The highest BCUT2D eigenvalue weighted by Gasteiger charge is 2.25. The van der Waals surface area contributed by atoms with Crippen LogP contribution in [0.2, 0.25) is 5.02 Å². The molecule has 0 radical (unpaired) electrons. The third kappa shape index (κ3) is 5.83. The molecule has 9 heteroatoms. The fraction of sp³-hybridized carbons (Fsp3) is 0.423. The summed E-state index contributed by atoms with van der Waals surface area (Å²) in [6.07, 6.45) is 10.3. The van der Waals surface area contributed by atoms with Gasteiger partial charge in [-0.05, 0) is 63.0 Å². The van der Waals surface area contributed by atoms with Gasteiger partial charge in [-0.3, -0.25) is 9.88 Å². The Morgan fingerprint density at radius 1 is 1.09 bits per heavy atom. The zero-order valence-corrected chi connectivity index (χ0v) is 21.4. The number of benzene rings is 1. The lowest BCUT2D eigenvalue weighted by Crippen LogP contribution is -2.46. The van der Waals surface area contributed by atoms with Crippen molar-refractivity contribution in [3.63, 3.8) is 0 Å². The molecule has 2 saturated heterocycles. The summed E-state index contributed by atoms with van der Waals surface area (Å²) in [7, 11) is 0. The Labute approximate surface area is 215 Å². The Bertz CT molecular complexity index is 1180. The van der Waals surface area contributed by atoms with Crippen LogP contribution in [0.15, 0.2) is 47.7 Å². The summed E-state index contributed by atoms with van der Waals surface area (Å²) >= 11 is 7.90. The number of likely N-dealkylation sites (tertiary alicyclic amines) is 2. The molecular formula is C26H32ClN7S. The molecule has 2 aliphatic heterocycles. The van der Waals surface area contributed by atoms with Crippen LogP contribution in [0.3, 0.4) is 0 Å². The van der Waals surface area contributed by atoms with Gasteiger partial charge in [0.2, 0.25) is 5.13 Å². The Morgan fingerprint density at radius 2 is 1.89 bits per heavy atom. The number of nitrogen functional groups attached to an aromatic ring is 1. The molecule has 2 aromatic heterocycles. The molecule has 1 aromatic carbocycles. The van der Waals surface area contributed by atoms with E-state index in [-0.39, 0.29) is 0 Å². The number of piperidine rings is 2. The smallest absolute Gasteiger partial charge is 0.211 e. The van der Waals surface area contributed by atoms with Gasteiger partial charge in [-0.2, -0.15) is 0 Å². The lowest BCUT2D eigenvalue weighted by atomic mass is 10.00. The zero-order chi connectivity index (χ0) is 24.2. The second kappa shape index (κ2) is 11.0. The van der Waals surface area contributed by atoms with E-state index >= 15 is 0 Å². The molecule has 0 unspecified atom stereocenters. The van der Waals surface area contributed by atoms with Crippen molar-refractivity contribution in [3.8, 4) is 11.3 Å². The molecule has 0 aliphatic carbocycles. The number of hydrogen-bond donors (Lipinski definition) is 2. The third-order valence-corrected chi connectivity index (χ3v) is 8.14. The van der Waals surface area contributed by atoms with E-state index < -0.39 is 0 Å². The van der Waals surface area contributed by atoms with Gasteiger partial charge in [0.25, 0.3) is 0 Å². The largest absolute Gasteiger partial charge is 0.398 e. The average molecular weight is 510 g/mol. The number of hydrogen-bond acceptors (Lipinski definition) is 7. The third-order valence-electron chi connectivity index (χ3n) is 6.96. The molecule has 35 heavy (non-hydrogen) atoms. The summed E-state index contributed by atoms with van der Waals surface area (Å²) in [5, 5.41) is 1.21. The Morgan fingerprint density at radius 3 is 2.66 bits per heavy atom. The molecular weight excluding hydrogens is 478 g/mol. The fourth-order valence-electron chi connectivity index (χ4n) is 5.06. The number of amidine groups is 1. The highest BCUT2D eigenvalue weighted by Crippen LogP contribution is 2.29. The highest BCUT2D eigenvalue weighted by atomic mass is 35.5. The number of anilines is 1. The maximum Gasteiger partial charge on any atom is 0.211 e. The first-order chi connectivity index (χ1) is 17.1. The molecule has 4 N–H and O–H groups in total. The van der Waals surface area contributed by atoms with Gasteiger partial charge in [0.05, 0.1) is 10.7 Å². The van der Waals surface area contributed by atoms with E-state index in [1.165, 1.54) is 50.1 Å². The van der Waals surface area contributed by atoms with Crippen LogP contribution in [-0.2, 0) is 6.54 Å². The van der Waals surface area contributed by atoms with Crippen molar-refractivity contribution in [1.29, 1.82) is 0 Å². The molecule has 4 heterocycles. The predicted octanol–water partition coefficient (Wildman–Crippen LogP) is 4.93. The van der Waals surface area contributed by atoms with E-state index in [1.807, 2.05) is 24.4 Å². The van der Waals surface area contributed by atoms with Gasteiger partial charge >= 0.3 is 0 Å². The second-order valence-electron chi connectivity index (χ2n) is 9.35. The Kier molecular flexibility index (Phi) is 7.63. The quantitative estimate of drug-likeness (QED) is 0.278. The number of nitrogens with two attached hydrogens (primary N) is 2. The molecule has 184 valence electrons. The number of thiazole rings is 1. The van der Waals surface area contributed by atoms with E-state index in [2.05, 4.69) is 24.8 Å². The van der Waals surface area contributed by atoms with Gasteiger partial charge in [-0.1, -0.05) is 35.4 Å². The lowest BCUT2D eigenvalue weighted by molar-refractivity contribution is 0.0900. The standard InChI is InChI=1S/C26H32ClN7S/c27-22-5-4-10-30-24(22)18-6-7-23(28)21(15-18)25(29)32-26-31-16-20(35-26)17-33-13-8-19(9-14-33)34-11-2-1-3-12-34/h4-7,10,15-16,19H,1-3,8-9,11-14,17,28H2,(H2,29,31,32). The monoisotopic (exact) mass is 509 g/mol. The van der Waals surface area contributed by atoms with Gasteiger partial charge < -0.3 is 16.4 Å². The summed E-state index contributed by atoms with van der Waals surface area (Å²) in [5.74, 6) is 0.333. The number of pyridine rings is 1. The average Bonchev–Trinajstić information content (AvgIpc) is 3.32. The summed E-state index contributed by atoms with van der Waals surface area (Å²) in [5.41, 5.74) is 15.3. The van der Waals surface area contributed by atoms with Gasteiger partial charge in [-0.15, -0.1) is 0 Å². The molecule has 3 aromatic rings. The topological polar surface area (TPSA) is 96.7 Å². The molecule has 5 rings (SSSR count). The molecule has 2 fully saturated rings. The first-order valence-corrected chi connectivity index (χ1v) is 13.5. The van der Waals surface area contributed by atoms with Crippen molar-refractivity contribution < 1.29 is 0 Å². The van der Waals surface area contributed by atoms with Crippen LogP contribution in [-0.4, -0.2) is 57.8 Å². The van der Waals surface area contributed by atoms with E-state index in [0.29, 0.717) is 32.9 Å². The maximum atomic E-state index is 6.36. The van der Waals surface area contributed by atoms with Gasteiger partial charge in [-0.25, -0.2) is 9.98 Å². The normalized spacial score (nSPS) is 18.7. The Balaban J connectivity index is 1.23. The molecule has 0 amide bonds. The van der Waals surface area contributed by atoms with Gasteiger partial charge in [0.1, 0.15) is 5.84 Å². The van der Waals surface area contributed by atoms with E-state index in [1.54, 1.807) is 29.7 Å². The molecule has 2 aliphatic rings. The maximum absolute atomic E-state index is 6.36. The molecule has 0 saturated carbocycles. The van der Waals surface area contributed by atoms with E-state index in [4.69, 9.17) is 23.1 Å². The molecule has 7 nitrogen and oxygen atoms in total. The van der Waals surface area contributed by atoms with Crippen molar-refractivity contribution >= 4 is 39.6 Å². The van der Waals surface area contributed by atoms with Crippen LogP contribution in [0.25, 0.3) is 11.3 Å². The SMILES string of the molecule is NC(=Nc1ncc(CN2CCC(N3CCCCC3)CC2)s1)c1cc(-c2ncccc2Cl)ccc1N. The zero-order valence-electron chi connectivity index (χ0n) is 19.9. The Hall–Kier alpha value is -2.52. The number of aliphatic imine (C=N–C) groups is 1.